The number of hydrogen-bond donors (Lipinski definition) is 3. The van der Waals surface area contributed by atoms with Crippen LogP contribution in [0.3, 0.4) is 0 Å². The Labute approximate surface area is 157 Å². The minimum atomic E-state index is -3.15. The number of aliphatic hydroxyl groups is 1. The van der Waals surface area contributed by atoms with E-state index in [1.807, 2.05) is 44.2 Å². The Morgan fingerprint density at radius 1 is 1.23 bits per heavy atom. The van der Waals surface area contributed by atoms with Gasteiger partial charge in [0.05, 0.1) is 19.4 Å². The van der Waals surface area contributed by atoms with Crippen LogP contribution in [-0.2, 0) is 10.0 Å². The normalized spacial score (nSPS) is 13.7. The van der Waals surface area contributed by atoms with Crippen molar-refractivity contribution in [2.45, 2.75) is 26.2 Å². The van der Waals surface area contributed by atoms with Gasteiger partial charge in [-0.3, -0.25) is 4.99 Å². The fourth-order valence-electron chi connectivity index (χ4n) is 2.56. The summed E-state index contributed by atoms with van der Waals surface area (Å²) in [6, 6.07) is 9.82. The molecule has 7 nitrogen and oxygen atoms in total. The molecule has 0 aromatic heterocycles. The molecule has 1 aromatic rings. The average Bonchev–Trinajstić information content (AvgIpc) is 2.61. The first kappa shape index (κ1) is 22.4. The number of guanidine groups is 1. The Bertz CT molecular complexity index is 635. The van der Waals surface area contributed by atoms with E-state index in [0.717, 1.165) is 12.1 Å². The second kappa shape index (κ2) is 11.9. The van der Waals surface area contributed by atoms with Crippen LogP contribution in [0.25, 0.3) is 0 Å². The predicted molar refractivity (Wildman–Crippen MR) is 107 cm³/mol. The predicted octanol–water partition coefficient (Wildman–Crippen LogP) is 0.989. The maximum Gasteiger partial charge on any atom is 0.211 e. The molecule has 1 atom stereocenters. The van der Waals surface area contributed by atoms with Crippen molar-refractivity contribution in [1.82, 2.24) is 14.9 Å². The molecule has 26 heavy (non-hydrogen) atoms. The van der Waals surface area contributed by atoms with Gasteiger partial charge in [0, 0.05) is 32.1 Å². The number of rotatable bonds is 11. The average molecular weight is 385 g/mol. The van der Waals surface area contributed by atoms with E-state index in [2.05, 4.69) is 15.6 Å². The maximum absolute atomic E-state index is 11.6. The highest BCUT2D eigenvalue weighted by atomic mass is 32.2. The smallest absolute Gasteiger partial charge is 0.211 e. The Morgan fingerprint density at radius 2 is 1.92 bits per heavy atom. The van der Waals surface area contributed by atoms with Crippen LogP contribution in [0.15, 0.2) is 35.3 Å². The number of aliphatic hydroxyl groups excluding tert-OH is 1. The highest BCUT2D eigenvalue weighted by molar-refractivity contribution is 7.88. The minimum Gasteiger partial charge on any atom is -0.396 e. The molecule has 8 heteroatoms. The molecule has 0 bridgehead atoms. The number of sulfonamides is 1. The highest BCUT2D eigenvalue weighted by Gasteiger charge is 2.13. The topological polar surface area (TPSA) is 94.0 Å². The van der Waals surface area contributed by atoms with Crippen molar-refractivity contribution in [2.75, 3.05) is 45.6 Å². The van der Waals surface area contributed by atoms with Crippen molar-refractivity contribution < 1.29 is 13.5 Å². The highest BCUT2D eigenvalue weighted by Crippen LogP contribution is 2.14. The van der Waals surface area contributed by atoms with Crippen LogP contribution in [0, 0.1) is 0 Å². The molecular formula is C18H32N4O3S. The molecular weight excluding hydrogens is 352 g/mol. The fraction of sp³-hybridized carbons (Fsp3) is 0.611. The number of nitrogens with zero attached hydrogens (tertiary/aromatic N) is 2. The van der Waals surface area contributed by atoms with Gasteiger partial charge in [0.1, 0.15) is 0 Å². The summed E-state index contributed by atoms with van der Waals surface area (Å²) < 4.78 is 24.6. The van der Waals surface area contributed by atoms with Crippen LogP contribution in [0.1, 0.15) is 31.7 Å². The lowest BCUT2D eigenvalue weighted by Gasteiger charge is -2.18. The lowest BCUT2D eigenvalue weighted by atomic mass is 10.0. The van der Waals surface area contributed by atoms with Crippen molar-refractivity contribution in [1.29, 1.82) is 0 Å². The van der Waals surface area contributed by atoms with Crippen LogP contribution < -0.4 is 10.6 Å². The van der Waals surface area contributed by atoms with Crippen molar-refractivity contribution in [2.24, 2.45) is 4.99 Å². The molecule has 0 aliphatic heterocycles. The Morgan fingerprint density at radius 3 is 2.46 bits per heavy atom. The second-order valence-electron chi connectivity index (χ2n) is 6.04. The van der Waals surface area contributed by atoms with E-state index in [0.29, 0.717) is 38.6 Å². The number of benzene rings is 1. The zero-order valence-corrected chi connectivity index (χ0v) is 16.8. The van der Waals surface area contributed by atoms with Crippen molar-refractivity contribution in [3.8, 4) is 0 Å². The van der Waals surface area contributed by atoms with Gasteiger partial charge in [-0.05, 0) is 18.9 Å². The van der Waals surface area contributed by atoms with E-state index in [-0.39, 0.29) is 12.5 Å². The van der Waals surface area contributed by atoms with Gasteiger partial charge >= 0.3 is 0 Å². The van der Waals surface area contributed by atoms with E-state index >= 15 is 0 Å². The summed E-state index contributed by atoms with van der Waals surface area (Å²) >= 11 is 0. The van der Waals surface area contributed by atoms with Gasteiger partial charge in [-0.15, -0.1) is 0 Å². The monoisotopic (exact) mass is 384 g/mol. The molecule has 0 heterocycles. The molecule has 0 aliphatic rings. The number of nitrogens with one attached hydrogen (secondary N) is 2. The zero-order chi connectivity index (χ0) is 19.4. The van der Waals surface area contributed by atoms with Gasteiger partial charge < -0.3 is 15.7 Å². The molecule has 0 saturated carbocycles. The van der Waals surface area contributed by atoms with E-state index in [1.165, 1.54) is 10.6 Å². The maximum atomic E-state index is 11.6. The minimum absolute atomic E-state index is 0.0345. The Hall–Kier alpha value is -1.64. The summed E-state index contributed by atoms with van der Waals surface area (Å²) in [4.78, 5) is 4.55. The first-order valence-corrected chi connectivity index (χ1v) is 10.9. The molecule has 1 unspecified atom stereocenters. The fourth-order valence-corrected chi connectivity index (χ4v) is 3.49. The standard InChI is InChI=1S/C18H32N4O3S/c1-4-19-18(20-12-9-13-22(5-2)26(3,24)25)21-14-17(15-23)16-10-7-6-8-11-16/h6-8,10-11,17,23H,4-5,9,12-15H2,1-3H3,(H2,19,20,21). The van der Waals surface area contributed by atoms with Gasteiger partial charge in [-0.1, -0.05) is 37.3 Å². The molecule has 3 N–H and O–H groups in total. The van der Waals surface area contributed by atoms with Crippen molar-refractivity contribution >= 4 is 16.0 Å². The molecule has 0 spiro atoms. The molecule has 0 radical (unpaired) electrons. The SMILES string of the molecule is CCNC(=NCC(CO)c1ccccc1)NCCCN(CC)S(C)(=O)=O. The van der Waals surface area contributed by atoms with Gasteiger partial charge in [0.15, 0.2) is 5.96 Å². The van der Waals surface area contributed by atoms with E-state index in [4.69, 9.17) is 0 Å². The molecule has 1 rings (SSSR count). The summed E-state index contributed by atoms with van der Waals surface area (Å²) in [5.74, 6) is 0.622. The summed E-state index contributed by atoms with van der Waals surface area (Å²) in [6.45, 7) is 6.62. The first-order chi connectivity index (χ1) is 12.4. The van der Waals surface area contributed by atoms with Crippen molar-refractivity contribution in [3.05, 3.63) is 35.9 Å². The second-order valence-corrected chi connectivity index (χ2v) is 8.03. The van der Waals surface area contributed by atoms with Gasteiger partial charge in [0.2, 0.25) is 10.0 Å². The summed E-state index contributed by atoms with van der Waals surface area (Å²) in [7, 11) is -3.15. The summed E-state index contributed by atoms with van der Waals surface area (Å²) in [6.07, 6.45) is 1.92. The summed E-state index contributed by atoms with van der Waals surface area (Å²) in [5, 5.41) is 16.0. The lowest BCUT2D eigenvalue weighted by molar-refractivity contribution is 0.268. The molecule has 0 aliphatic carbocycles. The van der Waals surface area contributed by atoms with E-state index in [1.54, 1.807) is 0 Å². The first-order valence-electron chi connectivity index (χ1n) is 9.05. The third kappa shape index (κ3) is 8.16. The molecule has 0 amide bonds. The van der Waals surface area contributed by atoms with Crippen LogP contribution in [0.2, 0.25) is 0 Å². The lowest BCUT2D eigenvalue weighted by Crippen LogP contribution is -2.39. The summed E-state index contributed by atoms with van der Waals surface area (Å²) in [5.41, 5.74) is 1.06. The van der Waals surface area contributed by atoms with Crippen LogP contribution in [0.5, 0.6) is 0 Å². The van der Waals surface area contributed by atoms with Gasteiger partial charge in [-0.2, -0.15) is 0 Å². The number of aliphatic imine (C=N–C) groups is 1. The van der Waals surface area contributed by atoms with Crippen LogP contribution >= 0.6 is 0 Å². The van der Waals surface area contributed by atoms with Crippen LogP contribution in [-0.4, -0.2) is 69.4 Å². The zero-order valence-electron chi connectivity index (χ0n) is 16.0. The van der Waals surface area contributed by atoms with Gasteiger partial charge in [0.25, 0.3) is 0 Å². The van der Waals surface area contributed by atoms with Crippen LogP contribution in [0.4, 0.5) is 0 Å². The van der Waals surface area contributed by atoms with Gasteiger partial charge in [-0.25, -0.2) is 12.7 Å². The number of hydrogen-bond acceptors (Lipinski definition) is 4. The third-order valence-electron chi connectivity index (χ3n) is 4.00. The van der Waals surface area contributed by atoms with E-state index < -0.39 is 10.0 Å². The Kier molecular flexibility index (Phi) is 10.2. The molecule has 0 saturated heterocycles. The molecule has 0 fully saturated rings. The Balaban J connectivity index is 2.55. The molecule has 148 valence electrons. The van der Waals surface area contributed by atoms with E-state index in [9.17, 15) is 13.5 Å². The largest absolute Gasteiger partial charge is 0.396 e. The quantitative estimate of drug-likeness (QED) is 0.300. The van der Waals surface area contributed by atoms with Crippen molar-refractivity contribution in [3.63, 3.8) is 0 Å². The third-order valence-corrected chi connectivity index (χ3v) is 5.38. The molecule has 1 aromatic carbocycles.